The van der Waals surface area contributed by atoms with E-state index in [1.165, 1.54) is 24.3 Å². The number of nitro benzene ring substituents is 1. The zero-order valence-electron chi connectivity index (χ0n) is 12.8. The van der Waals surface area contributed by atoms with Crippen molar-refractivity contribution in [2.24, 2.45) is 0 Å². The molecule has 2 aromatic rings. The molecule has 0 saturated heterocycles. The van der Waals surface area contributed by atoms with Crippen molar-refractivity contribution in [1.29, 1.82) is 0 Å². The third-order valence-electron chi connectivity index (χ3n) is 3.29. The van der Waals surface area contributed by atoms with Crippen LogP contribution in [-0.2, 0) is 6.54 Å². The van der Waals surface area contributed by atoms with Crippen molar-refractivity contribution in [3.8, 4) is 0 Å². The van der Waals surface area contributed by atoms with Gasteiger partial charge in [0.15, 0.2) is 0 Å². The number of nitrogens with one attached hydrogen (secondary N) is 2. The van der Waals surface area contributed by atoms with Gasteiger partial charge in [-0.25, -0.2) is 0 Å². The Bertz CT molecular complexity index is 777. The minimum Gasteiger partial charge on any atom is -0.375 e. The van der Waals surface area contributed by atoms with E-state index >= 15 is 0 Å². The molecule has 0 fully saturated rings. The van der Waals surface area contributed by atoms with E-state index < -0.39 is 10.8 Å². The number of benzene rings is 2. The fraction of sp³-hybridized carbons (Fsp3) is 0.118. The number of nitro groups is 1. The molecule has 0 atom stereocenters. The molecule has 0 bridgehead atoms. The highest BCUT2D eigenvalue weighted by molar-refractivity contribution is 6.31. The maximum Gasteiger partial charge on any atom is 0.293 e. The van der Waals surface area contributed by atoms with E-state index in [1.807, 2.05) is 18.2 Å². The summed E-state index contributed by atoms with van der Waals surface area (Å²) in [4.78, 5) is 22.6. The highest BCUT2D eigenvalue weighted by Gasteiger charge is 2.17. The average molecular weight is 346 g/mol. The molecule has 0 aliphatic heterocycles. The van der Waals surface area contributed by atoms with E-state index in [-0.39, 0.29) is 11.3 Å². The Morgan fingerprint density at radius 2 is 2.04 bits per heavy atom. The summed E-state index contributed by atoms with van der Waals surface area (Å²) in [6.45, 7) is 4.13. The summed E-state index contributed by atoms with van der Waals surface area (Å²) < 4.78 is 0. The zero-order chi connectivity index (χ0) is 17.5. The van der Waals surface area contributed by atoms with E-state index in [1.54, 1.807) is 6.07 Å². The van der Waals surface area contributed by atoms with Gasteiger partial charge < -0.3 is 10.6 Å². The lowest BCUT2D eigenvalue weighted by atomic mass is 10.1. The van der Waals surface area contributed by atoms with Crippen LogP contribution in [0.3, 0.4) is 0 Å². The largest absolute Gasteiger partial charge is 0.375 e. The fourth-order valence-electron chi connectivity index (χ4n) is 2.07. The molecule has 0 aliphatic carbocycles. The number of carbonyl (C=O) groups excluding carboxylic acids is 1. The van der Waals surface area contributed by atoms with Crippen molar-refractivity contribution in [2.75, 3.05) is 11.9 Å². The third-order valence-corrected chi connectivity index (χ3v) is 3.66. The number of rotatable bonds is 7. The SMILES string of the molecule is C=CCNC(=O)c1ccc(NCc2ccccc2Cl)c([N+](=O)[O-])c1. The predicted molar refractivity (Wildman–Crippen MR) is 94.4 cm³/mol. The molecule has 0 unspecified atom stereocenters. The Kier molecular flexibility index (Phi) is 5.92. The molecular weight excluding hydrogens is 330 g/mol. The predicted octanol–water partition coefficient (Wildman–Crippen LogP) is 3.78. The summed E-state index contributed by atoms with van der Waals surface area (Å²) in [5.41, 5.74) is 1.18. The Labute approximate surface area is 144 Å². The Morgan fingerprint density at radius 1 is 1.29 bits per heavy atom. The highest BCUT2D eigenvalue weighted by Crippen LogP contribution is 2.27. The van der Waals surface area contributed by atoms with Crippen molar-refractivity contribution in [3.05, 3.63) is 81.4 Å². The molecule has 6 nitrogen and oxygen atoms in total. The van der Waals surface area contributed by atoms with Crippen molar-refractivity contribution in [3.63, 3.8) is 0 Å². The number of nitrogens with zero attached hydrogens (tertiary/aromatic N) is 1. The minimum absolute atomic E-state index is 0.173. The van der Waals surface area contributed by atoms with Gasteiger partial charge in [-0.15, -0.1) is 6.58 Å². The molecule has 0 aliphatic rings. The number of hydrogen-bond acceptors (Lipinski definition) is 4. The quantitative estimate of drug-likeness (QED) is 0.454. The summed E-state index contributed by atoms with van der Waals surface area (Å²) in [5, 5.41) is 17.4. The van der Waals surface area contributed by atoms with Crippen LogP contribution in [0.25, 0.3) is 0 Å². The summed E-state index contributed by atoms with van der Waals surface area (Å²) >= 11 is 6.07. The second kappa shape index (κ2) is 8.12. The lowest BCUT2D eigenvalue weighted by Gasteiger charge is -2.10. The van der Waals surface area contributed by atoms with Crippen LogP contribution in [0.5, 0.6) is 0 Å². The molecule has 1 amide bonds. The summed E-state index contributed by atoms with van der Waals surface area (Å²) in [7, 11) is 0. The van der Waals surface area contributed by atoms with Gasteiger partial charge >= 0.3 is 0 Å². The molecule has 124 valence electrons. The van der Waals surface area contributed by atoms with Crippen LogP contribution in [0, 0.1) is 10.1 Å². The van der Waals surface area contributed by atoms with Gasteiger partial charge in [0.2, 0.25) is 0 Å². The molecule has 7 heteroatoms. The van der Waals surface area contributed by atoms with E-state index in [9.17, 15) is 14.9 Å². The number of anilines is 1. The van der Waals surface area contributed by atoms with Crippen LogP contribution < -0.4 is 10.6 Å². The first-order valence-electron chi connectivity index (χ1n) is 7.17. The molecular formula is C17H16ClN3O3. The van der Waals surface area contributed by atoms with E-state index in [0.717, 1.165) is 5.56 Å². The van der Waals surface area contributed by atoms with Gasteiger partial charge in [-0.05, 0) is 23.8 Å². The smallest absolute Gasteiger partial charge is 0.293 e. The van der Waals surface area contributed by atoms with Crippen molar-refractivity contribution in [2.45, 2.75) is 6.54 Å². The molecule has 0 heterocycles. The van der Waals surface area contributed by atoms with Crippen LogP contribution in [-0.4, -0.2) is 17.4 Å². The Hall–Kier alpha value is -2.86. The first-order chi connectivity index (χ1) is 11.5. The number of amides is 1. The minimum atomic E-state index is -0.529. The lowest BCUT2D eigenvalue weighted by molar-refractivity contribution is -0.384. The Balaban J connectivity index is 2.20. The van der Waals surface area contributed by atoms with Crippen LogP contribution in [0.15, 0.2) is 55.1 Å². The van der Waals surface area contributed by atoms with Crippen LogP contribution in [0.1, 0.15) is 15.9 Å². The topological polar surface area (TPSA) is 84.3 Å². The van der Waals surface area contributed by atoms with E-state index in [0.29, 0.717) is 23.8 Å². The average Bonchev–Trinajstić information content (AvgIpc) is 2.58. The Morgan fingerprint density at radius 3 is 2.71 bits per heavy atom. The van der Waals surface area contributed by atoms with Crippen LogP contribution in [0.2, 0.25) is 5.02 Å². The molecule has 0 aromatic heterocycles. The van der Waals surface area contributed by atoms with Crippen molar-refractivity contribution >= 4 is 28.9 Å². The molecule has 2 N–H and O–H groups in total. The molecule has 0 saturated carbocycles. The normalized spacial score (nSPS) is 10.0. The van der Waals surface area contributed by atoms with Gasteiger partial charge in [-0.1, -0.05) is 35.9 Å². The number of carbonyl (C=O) groups is 1. The van der Waals surface area contributed by atoms with Crippen molar-refractivity contribution in [1.82, 2.24) is 5.32 Å². The molecule has 0 spiro atoms. The molecule has 2 aromatic carbocycles. The maximum atomic E-state index is 11.9. The van der Waals surface area contributed by atoms with E-state index in [2.05, 4.69) is 17.2 Å². The van der Waals surface area contributed by atoms with Crippen LogP contribution in [0.4, 0.5) is 11.4 Å². The number of halogens is 1. The van der Waals surface area contributed by atoms with Gasteiger partial charge in [0, 0.05) is 29.7 Å². The van der Waals surface area contributed by atoms with Gasteiger partial charge in [0.1, 0.15) is 5.69 Å². The monoisotopic (exact) mass is 345 g/mol. The maximum absolute atomic E-state index is 11.9. The standard InChI is InChI=1S/C17H16ClN3O3/c1-2-9-19-17(22)12-7-8-15(16(10-12)21(23)24)20-11-13-5-3-4-6-14(13)18/h2-8,10,20H,1,9,11H2,(H,19,22). The van der Waals surface area contributed by atoms with Crippen LogP contribution >= 0.6 is 11.6 Å². The lowest BCUT2D eigenvalue weighted by Crippen LogP contribution is -2.23. The molecule has 24 heavy (non-hydrogen) atoms. The molecule has 2 rings (SSSR count). The fourth-order valence-corrected chi connectivity index (χ4v) is 2.28. The first-order valence-corrected chi connectivity index (χ1v) is 7.55. The van der Waals surface area contributed by atoms with Gasteiger partial charge in [0.05, 0.1) is 4.92 Å². The molecule has 0 radical (unpaired) electrons. The zero-order valence-corrected chi connectivity index (χ0v) is 13.5. The number of hydrogen-bond donors (Lipinski definition) is 2. The van der Waals surface area contributed by atoms with Gasteiger partial charge in [0.25, 0.3) is 11.6 Å². The summed E-state index contributed by atoms with van der Waals surface area (Å²) in [5.74, 6) is -0.393. The van der Waals surface area contributed by atoms with Gasteiger partial charge in [-0.2, -0.15) is 0 Å². The van der Waals surface area contributed by atoms with Gasteiger partial charge in [-0.3, -0.25) is 14.9 Å². The summed E-state index contributed by atoms with van der Waals surface area (Å²) in [6, 6.07) is 11.5. The van der Waals surface area contributed by atoms with E-state index in [4.69, 9.17) is 11.6 Å². The first kappa shape index (κ1) is 17.5. The highest BCUT2D eigenvalue weighted by atomic mass is 35.5. The van der Waals surface area contributed by atoms with Crippen molar-refractivity contribution < 1.29 is 9.72 Å². The second-order valence-corrected chi connectivity index (χ2v) is 5.34. The third kappa shape index (κ3) is 4.33. The summed E-state index contributed by atoms with van der Waals surface area (Å²) in [6.07, 6.45) is 1.53. The second-order valence-electron chi connectivity index (χ2n) is 4.93.